The molecule has 1 aromatic carbocycles. The number of carbonyl (C=O) groups excluding carboxylic acids is 1. The molecule has 1 aliphatic rings. The lowest BCUT2D eigenvalue weighted by atomic mass is 10.1. The lowest BCUT2D eigenvalue weighted by Crippen LogP contribution is -2.32. The highest BCUT2D eigenvalue weighted by molar-refractivity contribution is 7.99. The van der Waals surface area contributed by atoms with Gasteiger partial charge in [0.1, 0.15) is 11.5 Å². The van der Waals surface area contributed by atoms with E-state index in [1.165, 1.54) is 12.8 Å². The van der Waals surface area contributed by atoms with Crippen LogP contribution in [-0.4, -0.2) is 36.3 Å². The summed E-state index contributed by atoms with van der Waals surface area (Å²) in [5, 5.41) is 0.335. The normalized spacial score (nSPS) is 17.7. The predicted molar refractivity (Wildman–Crippen MR) is 106 cm³/mol. The van der Waals surface area contributed by atoms with Crippen LogP contribution in [0.25, 0.3) is 0 Å². The minimum absolute atomic E-state index is 0.100. The average molecular weight is 374 g/mol. The molecule has 0 radical (unpaired) electrons. The monoisotopic (exact) mass is 373 g/mol. The Bertz CT molecular complexity index is 669. The smallest absolute Gasteiger partial charge is 0.253 e. The highest BCUT2D eigenvalue weighted by Gasteiger charge is 2.24. The van der Waals surface area contributed by atoms with E-state index in [-0.39, 0.29) is 5.91 Å². The summed E-state index contributed by atoms with van der Waals surface area (Å²) in [6, 6.07) is 11.5. The second-order valence-electron chi connectivity index (χ2n) is 6.54. The van der Waals surface area contributed by atoms with Crippen molar-refractivity contribution in [3.05, 3.63) is 54.0 Å². The van der Waals surface area contributed by atoms with E-state index < -0.39 is 0 Å². The lowest BCUT2D eigenvalue weighted by molar-refractivity contribution is 0.0766. The van der Waals surface area contributed by atoms with Gasteiger partial charge in [-0.1, -0.05) is 19.8 Å². The van der Waals surface area contributed by atoms with Crippen molar-refractivity contribution in [2.24, 2.45) is 0 Å². The van der Waals surface area contributed by atoms with Gasteiger partial charge in [0.2, 0.25) is 0 Å². The number of hydrogen-bond donors (Lipinski definition) is 0. The summed E-state index contributed by atoms with van der Waals surface area (Å²) in [7, 11) is 0. The van der Waals surface area contributed by atoms with Crippen LogP contribution in [-0.2, 0) is 0 Å². The molecule has 0 bridgehead atoms. The summed E-state index contributed by atoms with van der Waals surface area (Å²) in [4.78, 5) is 14.8. The van der Waals surface area contributed by atoms with E-state index in [9.17, 15) is 4.79 Å². The molecule has 2 aromatic rings. The van der Waals surface area contributed by atoms with Crippen LogP contribution in [0.5, 0.6) is 5.75 Å². The van der Waals surface area contributed by atoms with E-state index in [0.29, 0.717) is 5.25 Å². The summed E-state index contributed by atoms with van der Waals surface area (Å²) in [5.74, 6) is 2.87. The predicted octanol–water partition coefficient (Wildman–Crippen LogP) is 5.17. The van der Waals surface area contributed by atoms with E-state index in [4.69, 9.17) is 9.15 Å². The SMILES string of the molecule is CCCCCOc1ccc(C(=O)N2CCSC(c3ccco3)CC2)cc1. The second kappa shape index (κ2) is 9.72. The van der Waals surface area contributed by atoms with E-state index in [1.807, 2.05) is 53.1 Å². The van der Waals surface area contributed by atoms with Gasteiger partial charge in [-0.05, 0) is 49.2 Å². The number of furan rings is 1. The Balaban J connectivity index is 1.53. The van der Waals surface area contributed by atoms with Crippen LogP contribution in [0.2, 0.25) is 0 Å². The molecule has 0 saturated carbocycles. The molecule has 2 heterocycles. The zero-order chi connectivity index (χ0) is 18.2. The van der Waals surface area contributed by atoms with Crippen molar-refractivity contribution in [1.82, 2.24) is 4.90 Å². The van der Waals surface area contributed by atoms with E-state index in [1.54, 1.807) is 6.26 Å². The highest BCUT2D eigenvalue weighted by Crippen LogP contribution is 2.34. The third-order valence-electron chi connectivity index (χ3n) is 4.61. The molecular weight excluding hydrogens is 346 g/mol. The van der Waals surface area contributed by atoms with Gasteiger partial charge in [0.05, 0.1) is 18.1 Å². The van der Waals surface area contributed by atoms with Crippen molar-refractivity contribution in [2.75, 3.05) is 25.4 Å². The fraction of sp³-hybridized carbons (Fsp3) is 0.476. The molecule has 1 aromatic heterocycles. The molecule has 1 unspecified atom stereocenters. The lowest BCUT2D eigenvalue weighted by Gasteiger charge is -2.20. The first kappa shape index (κ1) is 18.9. The molecule has 0 aliphatic carbocycles. The third kappa shape index (κ3) is 5.07. The molecule has 1 saturated heterocycles. The van der Waals surface area contributed by atoms with Gasteiger partial charge >= 0.3 is 0 Å². The molecule has 5 heteroatoms. The maximum atomic E-state index is 12.8. The van der Waals surface area contributed by atoms with Crippen molar-refractivity contribution in [3.63, 3.8) is 0 Å². The molecule has 3 rings (SSSR count). The summed E-state index contributed by atoms with van der Waals surface area (Å²) in [6.45, 7) is 4.44. The van der Waals surface area contributed by atoms with Gasteiger partial charge in [-0.3, -0.25) is 4.79 Å². The average Bonchev–Trinajstić information content (AvgIpc) is 3.10. The number of benzene rings is 1. The van der Waals surface area contributed by atoms with Gasteiger partial charge in [-0.25, -0.2) is 0 Å². The van der Waals surface area contributed by atoms with Crippen LogP contribution < -0.4 is 4.74 Å². The third-order valence-corrected chi connectivity index (χ3v) is 5.90. The van der Waals surface area contributed by atoms with Gasteiger partial charge in [0.25, 0.3) is 5.91 Å². The van der Waals surface area contributed by atoms with Crippen molar-refractivity contribution < 1.29 is 13.9 Å². The number of carbonyl (C=O) groups is 1. The Morgan fingerprint density at radius 2 is 2.08 bits per heavy atom. The molecule has 0 N–H and O–H groups in total. The van der Waals surface area contributed by atoms with Gasteiger partial charge in [-0.15, -0.1) is 11.8 Å². The number of thioether (sulfide) groups is 1. The topological polar surface area (TPSA) is 42.7 Å². The zero-order valence-electron chi connectivity index (χ0n) is 15.4. The molecule has 1 aliphatic heterocycles. The zero-order valence-corrected chi connectivity index (χ0v) is 16.2. The Morgan fingerprint density at radius 3 is 2.81 bits per heavy atom. The Kier molecular flexibility index (Phi) is 7.06. The summed E-state index contributed by atoms with van der Waals surface area (Å²) in [5.41, 5.74) is 0.729. The van der Waals surface area contributed by atoms with E-state index in [2.05, 4.69) is 6.92 Å². The van der Waals surface area contributed by atoms with Crippen molar-refractivity contribution in [3.8, 4) is 5.75 Å². The van der Waals surface area contributed by atoms with Gasteiger partial charge in [-0.2, -0.15) is 0 Å². The highest BCUT2D eigenvalue weighted by atomic mass is 32.2. The van der Waals surface area contributed by atoms with Crippen LogP contribution in [0.15, 0.2) is 47.1 Å². The fourth-order valence-corrected chi connectivity index (χ4v) is 4.27. The number of amides is 1. The number of ether oxygens (including phenoxy) is 1. The van der Waals surface area contributed by atoms with Crippen LogP contribution >= 0.6 is 11.8 Å². The molecule has 1 amide bonds. The van der Waals surface area contributed by atoms with Gasteiger partial charge in [0, 0.05) is 24.4 Å². The molecule has 26 heavy (non-hydrogen) atoms. The molecule has 4 nitrogen and oxygen atoms in total. The van der Waals surface area contributed by atoms with E-state index in [0.717, 1.165) is 55.4 Å². The fourth-order valence-electron chi connectivity index (χ4n) is 3.09. The largest absolute Gasteiger partial charge is 0.494 e. The van der Waals surface area contributed by atoms with Crippen molar-refractivity contribution in [2.45, 2.75) is 37.9 Å². The Hall–Kier alpha value is -1.88. The van der Waals surface area contributed by atoms with Gasteiger partial charge in [0.15, 0.2) is 0 Å². The molecule has 140 valence electrons. The molecule has 1 atom stereocenters. The number of rotatable bonds is 7. The quantitative estimate of drug-likeness (QED) is 0.628. The first-order chi connectivity index (χ1) is 12.8. The Morgan fingerprint density at radius 1 is 1.23 bits per heavy atom. The number of hydrogen-bond acceptors (Lipinski definition) is 4. The molecule has 1 fully saturated rings. The molecular formula is C21H27NO3S. The van der Waals surface area contributed by atoms with Gasteiger partial charge < -0.3 is 14.1 Å². The first-order valence-corrected chi connectivity index (χ1v) is 10.5. The Labute approximate surface area is 159 Å². The van der Waals surface area contributed by atoms with Crippen molar-refractivity contribution >= 4 is 17.7 Å². The standard InChI is InChI=1S/C21H27NO3S/c1-2-3-4-14-24-18-9-7-17(8-10-18)21(23)22-12-11-20(26-16-13-22)19-6-5-15-25-19/h5-10,15,20H,2-4,11-14,16H2,1H3. The minimum Gasteiger partial charge on any atom is -0.494 e. The summed E-state index contributed by atoms with van der Waals surface area (Å²) < 4.78 is 11.3. The van der Waals surface area contributed by atoms with Crippen LogP contribution in [0.3, 0.4) is 0 Å². The first-order valence-electron chi connectivity index (χ1n) is 9.45. The minimum atomic E-state index is 0.100. The number of unbranched alkanes of at least 4 members (excludes halogenated alkanes) is 2. The maximum Gasteiger partial charge on any atom is 0.253 e. The van der Waals surface area contributed by atoms with Crippen LogP contribution in [0, 0.1) is 0 Å². The molecule has 0 spiro atoms. The van der Waals surface area contributed by atoms with Crippen LogP contribution in [0.4, 0.5) is 0 Å². The van der Waals surface area contributed by atoms with Crippen molar-refractivity contribution in [1.29, 1.82) is 0 Å². The summed E-state index contributed by atoms with van der Waals surface area (Å²) in [6.07, 6.45) is 6.08. The van der Waals surface area contributed by atoms with E-state index >= 15 is 0 Å². The summed E-state index contributed by atoms with van der Waals surface area (Å²) >= 11 is 1.87. The number of nitrogens with zero attached hydrogens (tertiary/aromatic N) is 1. The van der Waals surface area contributed by atoms with Crippen LogP contribution in [0.1, 0.15) is 54.0 Å². The second-order valence-corrected chi connectivity index (χ2v) is 7.85. The maximum absolute atomic E-state index is 12.8.